The Hall–Kier alpha value is -2.09. The number of likely N-dealkylation sites (tertiary alicyclic amines) is 1. The molecule has 8 heteroatoms. The summed E-state index contributed by atoms with van der Waals surface area (Å²) in [4.78, 5) is 39.0. The number of rotatable bonds is 5. The van der Waals surface area contributed by atoms with E-state index >= 15 is 0 Å². The Bertz CT molecular complexity index is 592. The molecular weight excluding hydrogens is 320 g/mol. The number of thiophene rings is 1. The number of amides is 2. The topological polar surface area (TPSA) is 87.2 Å². The Morgan fingerprint density at radius 3 is 2.61 bits per heavy atom. The highest BCUT2D eigenvalue weighted by atomic mass is 32.1. The molecule has 1 aromatic rings. The lowest BCUT2D eigenvalue weighted by Gasteiger charge is -2.31. The van der Waals surface area contributed by atoms with E-state index in [0.29, 0.717) is 36.6 Å². The van der Waals surface area contributed by atoms with E-state index in [0.717, 1.165) is 0 Å². The van der Waals surface area contributed by atoms with Gasteiger partial charge in [-0.1, -0.05) is 0 Å². The molecule has 1 saturated heterocycles. The normalized spacial score (nSPS) is 15.3. The molecule has 7 nitrogen and oxygen atoms in total. The molecule has 0 unspecified atom stereocenters. The zero-order valence-corrected chi connectivity index (χ0v) is 14.0. The van der Waals surface area contributed by atoms with Crippen LogP contribution in [-0.2, 0) is 9.59 Å². The summed E-state index contributed by atoms with van der Waals surface area (Å²) < 4.78 is 5.12. The van der Waals surface area contributed by atoms with Crippen LogP contribution in [0.5, 0.6) is 5.75 Å². The molecule has 2 heterocycles. The van der Waals surface area contributed by atoms with Gasteiger partial charge in [-0.3, -0.25) is 14.4 Å². The van der Waals surface area contributed by atoms with Crippen LogP contribution in [0.1, 0.15) is 22.5 Å². The Morgan fingerprint density at radius 2 is 2.04 bits per heavy atom. The smallest absolute Gasteiger partial charge is 0.306 e. The minimum atomic E-state index is -0.811. The molecule has 0 atom stereocenters. The van der Waals surface area contributed by atoms with Crippen LogP contribution in [0.2, 0.25) is 0 Å². The molecule has 1 N–H and O–H groups in total. The molecule has 0 saturated carbocycles. The summed E-state index contributed by atoms with van der Waals surface area (Å²) in [7, 11) is 3.07. The predicted octanol–water partition coefficient (Wildman–Crippen LogP) is 1.15. The SMILES string of the molecule is COc1ccsc1C(=O)N(C)CC(=O)N1CCC(C(=O)O)CC1. The predicted molar refractivity (Wildman–Crippen MR) is 84.8 cm³/mol. The number of carboxylic acid groups (broad SMARTS) is 1. The van der Waals surface area contributed by atoms with Crippen molar-refractivity contribution in [3.8, 4) is 5.75 Å². The van der Waals surface area contributed by atoms with Crippen LogP contribution in [0.3, 0.4) is 0 Å². The second-order valence-electron chi connectivity index (χ2n) is 5.47. The zero-order valence-electron chi connectivity index (χ0n) is 13.2. The minimum Gasteiger partial charge on any atom is -0.495 e. The summed E-state index contributed by atoms with van der Waals surface area (Å²) in [6, 6.07) is 1.71. The van der Waals surface area contributed by atoms with Crippen molar-refractivity contribution in [2.24, 2.45) is 5.92 Å². The number of nitrogens with zero attached hydrogens (tertiary/aromatic N) is 2. The van der Waals surface area contributed by atoms with Crippen molar-refractivity contribution in [3.63, 3.8) is 0 Å². The molecule has 1 fully saturated rings. The molecule has 0 bridgehead atoms. The molecule has 0 spiro atoms. The van der Waals surface area contributed by atoms with Crippen molar-refractivity contribution in [3.05, 3.63) is 16.3 Å². The van der Waals surface area contributed by atoms with Crippen LogP contribution in [0.15, 0.2) is 11.4 Å². The number of hydrogen-bond donors (Lipinski definition) is 1. The number of aliphatic carboxylic acids is 1. The van der Waals surface area contributed by atoms with E-state index in [4.69, 9.17) is 9.84 Å². The third-order valence-corrected chi connectivity index (χ3v) is 4.84. The summed E-state index contributed by atoms with van der Waals surface area (Å²) in [5, 5.41) is 10.7. The lowest BCUT2D eigenvalue weighted by molar-refractivity contribution is -0.145. The van der Waals surface area contributed by atoms with Crippen molar-refractivity contribution in [2.45, 2.75) is 12.8 Å². The maximum atomic E-state index is 12.4. The maximum absolute atomic E-state index is 12.4. The standard InChI is InChI=1S/C15H20N2O5S/c1-16(14(19)13-11(22-2)5-8-23-13)9-12(18)17-6-3-10(4-7-17)15(20)21/h5,8,10H,3-4,6-7,9H2,1-2H3,(H,20,21). The molecule has 23 heavy (non-hydrogen) atoms. The first-order valence-electron chi connectivity index (χ1n) is 7.31. The highest BCUT2D eigenvalue weighted by Crippen LogP contribution is 2.25. The molecule has 2 rings (SSSR count). The molecule has 126 valence electrons. The van der Waals surface area contributed by atoms with E-state index in [9.17, 15) is 14.4 Å². The van der Waals surface area contributed by atoms with E-state index in [2.05, 4.69) is 0 Å². The summed E-state index contributed by atoms with van der Waals surface area (Å²) >= 11 is 1.27. The van der Waals surface area contributed by atoms with Crippen molar-refractivity contribution >= 4 is 29.1 Å². The average Bonchev–Trinajstić information content (AvgIpc) is 3.02. The third-order valence-electron chi connectivity index (χ3n) is 3.96. The van der Waals surface area contributed by atoms with Gasteiger partial charge in [0.05, 0.1) is 19.6 Å². The quantitative estimate of drug-likeness (QED) is 0.869. The highest BCUT2D eigenvalue weighted by molar-refractivity contribution is 7.12. The number of carbonyl (C=O) groups excluding carboxylic acids is 2. The first-order chi connectivity index (χ1) is 10.9. The Labute approximate surface area is 138 Å². The number of carboxylic acids is 1. The van der Waals surface area contributed by atoms with E-state index in [1.165, 1.54) is 23.3 Å². The van der Waals surface area contributed by atoms with Gasteiger partial charge in [-0.25, -0.2) is 0 Å². The lowest BCUT2D eigenvalue weighted by Crippen LogP contribution is -2.45. The monoisotopic (exact) mass is 340 g/mol. The van der Waals surface area contributed by atoms with Gasteiger partial charge in [0.15, 0.2) is 0 Å². The van der Waals surface area contributed by atoms with Gasteiger partial charge in [-0.2, -0.15) is 0 Å². The fourth-order valence-corrected chi connectivity index (χ4v) is 3.39. The average molecular weight is 340 g/mol. The molecule has 1 aromatic heterocycles. The summed E-state index contributed by atoms with van der Waals surface area (Å²) in [6.07, 6.45) is 0.912. The highest BCUT2D eigenvalue weighted by Gasteiger charge is 2.28. The molecule has 1 aliphatic rings. The molecule has 0 radical (unpaired) electrons. The third kappa shape index (κ3) is 4.01. The molecule has 2 amide bonds. The number of carbonyl (C=O) groups is 3. The van der Waals surface area contributed by atoms with E-state index in [1.54, 1.807) is 23.4 Å². The van der Waals surface area contributed by atoms with Crippen LogP contribution in [-0.4, -0.2) is 66.5 Å². The van der Waals surface area contributed by atoms with E-state index < -0.39 is 5.97 Å². The lowest BCUT2D eigenvalue weighted by atomic mass is 9.97. The van der Waals surface area contributed by atoms with Gasteiger partial charge in [-0.15, -0.1) is 11.3 Å². The maximum Gasteiger partial charge on any atom is 0.306 e. The first kappa shape index (κ1) is 17.3. The Morgan fingerprint density at radius 1 is 1.39 bits per heavy atom. The summed E-state index contributed by atoms with van der Waals surface area (Å²) in [5.74, 6) is -1.12. The van der Waals surface area contributed by atoms with Crippen molar-refractivity contribution in [1.29, 1.82) is 0 Å². The summed E-state index contributed by atoms with van der Waals surface area (Å²) in [5.41, 5.74) is 0. The van der Waals surface area contributed by atoms with Crippen LogP contribution in [0, 0.1) is 5.92 Å². The fraction of sp³-hybridized carbons (Fsp3) is 0.533. The van der Waals surface area contributed by atoms with Gasteiger partial charge < -0.3 is 19.6 Å². The molecule has 1 aliphatic heterocycles. The van der Waals surface area contributed by atoms with Crippen LogP contribution >= 0.6 is 11.3 Å². The van der Waals surface area contributed by atoms with Gasteiger partial charge >= 0.3 is 5.97 Å². The van der Waals surface area contributed by atoms with Gasteiger partial charge in [0.1, 0.15) is 10.6 Å². The second-order valence-corrected chi connectivity index (χ2v) is 6.39. The summed E-state index contributed by atoms with van der Waals surface area (Å²) in [6.45, 7) is 0.804. The van der Waals surface area contributed by atoms with Crippen molar-refractivity contribution in [2.75, 3.05) is 33.8 Å². The van der Waals surface area contributed by atoms with Gasteiger partial charge in [-0.05, 0) is 24.3 Å². The second kappa shape index (κ2) is 7.45. The zero-order chi connectivity index (χ0) is 17.0. The fourth-order valence-electron chi connectivity index (χ4n) is 2.54. The number of piperidine rings is 1. The Balaban J connectivity index is 1.90. The van der Waals surface area contributed by atoms with E-state index in [1.807, 2.05) is 0 Å². The minimum absolute atomic E-state index is 0.0301. The van der Waals surface area contributed by atoms with Gasteiger partial charge in [0.25, 0.3) is 5.91 Å². The van der Waals surface area contributed by atoms with Crippen LogP contribution < -0.4 is 4.74 Å². The molecular formula is C15H20N2O5S. The Kier molecular flexibility index (Phi) is 5.59. The van der Waals surface area contributed by atoms with Crippen molar-refractivity contribution < 1.29 is 24.2 Å². The van der Waals surface area contributed by atoms with E-state index in [-0.39, 0.29) is 24.3 Å². The number of methoxy groups -OCH3 is 1. The molecule has 0 aromatic carbocycles. The number of hydrogen-bond acceptors (Lipinski definition) is 5. The number of likely N-dealkylation sites (N-methyl/N-ethyl adjacent to an activating group) is 1. The van der Waals surface area contributed by atoms with Gasteiger partial charge in [0, 0.05) is 20.1 Å². The first-order valence-corrected chi connectivity index (χ1v) is 8.19. The number of ether oxygens (including phenoxy) is 1. The van der Waals surface area contributed by atoms with Gasteiger partial charge in [0.2, 0.25) is 5.91 Å². The largest absolute Gasteiger partial charge is 0.495 e. The molecule has 0 aliphatic carbocycles. The van der Waals surface area contributed by atoms with Crippen LogP contribution in [0.25, 0.3) is 0 Å². The van der Waals surface area contributed by atoms with Crippen LogP contribution in [0.4, 0.5) is 0 Å². The van der Waals surface area contributed by atoms with Crippen molar-refractivity contribution in [1.82, 2.24) is 9.80 Å².